The van der Waals surface area contributed by atoms with Gasteiger partial charge in [0, 0.05) is 5.38 Å². The zero-order valence-electron chi connectivity index (χ0n) is 16.4. The first-order valence-corrected chi connectivity index (χ1v) is 9.64. The number of ether oxygens (including phenoxy) is 1. The summed E-state index contributed by atoms with van der Waals surface area (Å²) >= 11 is 1.02. The number of carboxylic acid groups (broad SMARTS) is 2. The van der Waals surface area contributed by atoms with E-state index in [1.165, 1.54) is 5.38 Å². The second kappa shape index (κ2) is 8.09. The van der Waals surface area contributed by atoms with Crippen molar-refractivity contribution in [3.63, 3.8) is 0 Å². The largest absolute Gasteiger partial charge is 0.479 e. The van der Waals surface area contributed by atoms with Crippen LogP contribution in [0.15, 0.2) is 10.5 Å². The highest BCUT2D eigenvalue weighted by Crippen LogP contribution is 2.36. The van der Waals surface area contributed by atoms with Gasteiger partial charge in [0.05, 0.1) is 18.8 Å². The van der Waals surface area contributed by atoms with Gasteiger partial charge in [0.15, 0.2) is 10.8 Å². The van der Waals surface area contributed by atoms with E-state index in [9.17, 15) is 24.3 Å². The smallest absolute Gasteiger partial charge is 0.344 e. The lowest BCUT2D eigenvalue weighted by Gasteiger charge is -2.55. The fraction of sp³-hybridized carbons (Fsp3) is 0.500. The van der Waals surface area contributed by atoms with Crippen molar-refractivity contribution in [2.45, 2.75) is 31.0 Å². The van der Waals surface area contributed by atoms with E-state index in [4.69, 9.17) is 20.4 Å². The van der Waals surface area contributed by atoms with Crippen molar-refractivity contribution >= 4 is 45.9 Å². The average molecular weight is 457 g/mol. The van der Waals surface area contributed by atoms with Gasteiger partial charge in [0.2, 0.25) is 12.2 Å². The number of hydrogen-bond donors (Lipinski definition) is 4. The van der Waals surface area contributed by atoms with E-state index in [1.54, 1.807) is 13.8 Å². The molecule has 168 valence electrons. The van der Waals surface area contributed by atoms with Gasteiger partial charge in [-0.1, -0.05) is 5.16 Å². The standard InChI is InChI=1S/C16H19N5O9S/c1-15(2)10(12(25)21(15)30-16(13(26)27)5-28-6-16)19-11(24)9(20-29-3-8(22)23)7-4-31-14(17)18-7/h4,10H,3,5-6H2,1-2H3,(H2,17,18)(H,19,24)(H,22,23)(H,26,27). The zero-order chi connectivity index (χ0) is 23.0. The van der Waals surface area contributed by atoms with Crippen LogP contribution in [0.1, 0.15) is 19.5 Å². The van der Waals surface area contributed by atoms with Crippen LogP contribution in [0.2, 0.25) is 0 Å². The maximum absolute atomic E-state index is 12.8. The lowest BCUT2D eigenvalue weighted by molar-refractivity contribution is -0.342. The van der Waals surface area contributed by atoms with Gasteiger partial charge in [-0.25, -0.2) is 24.5 Å². The number of carboxylic acids is 2. The summed E-state index contributed by atoms with van der Waals surface area (Å²) in [6.45, 7) is 1.88. The first-order valence-electron chi connectivity index (χ1n) is 8.76. The van der Waals surface area contributed by atoms with E-state index >= 15 is 0 Å². The number of thiazole rings is 1. The molecule has 0 radical (unpaired) electrons. The predicted octanol–water partition coefficient (Wildman–Crippen LogP) is -1.58. The number of anilines is 1. The third-order valence-corrected chi connectivity index (χ3v) is 5.28. The highest BCUT2D eigenvalue weighted by atomic mass is 32.1. The quantitative estimate of drug-likeness (QED) is 0.189. The molecule has 2 aliphatic rings. The molecule has 5 N–H and O–H groups in total. The Morgan fingerprint density at radius 1 is 1.42 bits per heavy atom. The molecule has 14 nitrogen and oxygen atoms in total. The third-order valence-electron chi connectivity index (χ3n) is 4.60. The van der Waals surface area contributed by atoms with Crippen molar-refractivity contribution in [3.05, 3.63) is 11.1 Å². The molecule has 0 aromatic carbocycles. The van der Waals surface area contributed by atoms with Crippen LogP contribution in [0.25, 0.3) is 0 Å². The molecular weight excluding hydrogens is 438 g/mol. The normalized spacial score (nSPS) is 21.6. The van der Waals surface area contributed by atoms with Crippen LogP contribution in [0.5, 0.6) is 0 Å². The molecule has 0 bridgehead atoms. The molecule has 0 spiro atoms. The van der Waals surface area contributed by atoms with Crippen molar-refractivity contribution in [3.8, 4) is 0 Å². The molecule has 2 amide bonds. The van der Waals surface area contributed by atoms with Crippen LogP contribution in [0.3, 0.4) is 0 Å². The minimum absolute atomic E-state index is 0.0273. The summed E-state index contributed by atoms with van der Waals surface area (Å²) in [7, 11) is 0. The van der Waals surface area contributed by atoms with Gasteiger partial charge in [-0.3, -0.25) is 9.59 Å². The third kappa shape index (κ3) is 4.14. The SMILES string of the molecule is CC1(C)C(NC(=O)C(=NOCC(=O)O)c2csc(N)n2)C(=O)N1OC1(C(=O)O)COC1. The fourth-order valence-corrected chi connectivity index (χ4v) is 3.33. The summed E-state index contributed by atoms with van der Waals surface area (Å²) in [4.78, 5) is 61.4. The lowest BCUT2D eigenvalue weighted by Crippen LogP contribution is -2.79. The van der Waals surface area contributed by atoms with Gasteiger partial charge >= 0.3 is 11.9 Å². The second-order valence-electron chi connectivity index (χ2n) is 7.25. The molecule has 2 saturated heterocycles. The summed E-state index contributed by atoms with van der Waals surface area (Å²) < 4.78 is 4.90. The summed E-state index contributed by atoms with van der Waals surface area (Å²) in [5.41, 5.74) is 2.43. The number of hydrogen-bond acceptors (Lipinski definition) is 11. The number of β-lactam (4-membered cyclic amide) rings is 1. The summed E-state index contributed by atoms with van der Waals surface area (Å²) in [5, 5.41) is 26.4. The molecule has 31 heavy (non-hydrogen) atoms. The van der Waals surface area contributed by atoms with Crippen molar-refractivity contribution in [2.24, 2.45) is 5.16 Å². The minimum atomic E-state index is -1.67. The first-order chi connectivity index (χ1) is 14.5. The van der Waals surface area contributed by atoms with Gasteiger partial charge in [-0.15, -0.1) is 11.3 Å². The number of carbonyl (C=O) groups is 4. The molecule has 1 unspecified atom stereocenters. The van der Waals surface area contributed by atoms with Crippen LogP contribution in [-0.4, -0.2) is 86.7 Å². The number of aliphatic carboxylic acids is 2. The van der Waals surface area contributed by atoms with Crippen molar-refractivity contribution in [2.75, 3.05) is 25.6 Å². The molecule has 3 rings (SSSR count). The van der Waals surface area contributed by atoms with E-state index in [2.05, 4.69) is 20.3 Å². The highest BCUT2D eigenvalue weighted by molar-refractivity contribution is 7.13. The monoisotopic (exact) mass is 457 g/mol. The number of nitrogens with one attached hydrogen (secondary N) is 1. The molecule has 1 aromatic rings. The number of rotatable bonds is 9. The Labute approximate surface area is 178 Å². The van der Waals surface area contributed by atoms with E-state index in [-0.39, 0.29) is 29.8 Å². The fourth-order valence-electron chi connectivity index (χ4n) is 2.79. The second-order valence-corrected chi connectivity index (χ2v) is 8.14. The first kappa shape index (κ1) is 22.4. The van der Waals surface area contributed by atoms with Gasteiger partial charge in [0.25, 0.3) is 11.8 Å². The van der Waals surface area contributed by atoms with Crippen LogP contribution < -0.4 is 11.1 Å². The number of nitrogens with zero attached hydrogens (tertiary/aromatic N) is 3. The molecule has 2 fully saturated rings. The van der Waals surface area contributed by atoms with Crippen LogP contribution in [0, 0.1) is 0 Å². The van der Waals surface area contributed by atoms with Crippen LogP contribution in [-0.2, 0) is 33.6 Å². The predicted molar refractivity (Wildman–Crippen MR) is 102 cm³/mol. The van der Waals surface area contributed by atoms with Crippen LogP contribution >= 0.6 is 11.3 Å². The maximum Gasteiger partial charge on any atom is 0.344 e. The molecule has 15 heteroatoms. The molecule has 1 aromatic heterocycles. The number of nitrogen functional groups attached to an aromatic ring is 1. The Bertz CT molecular complexity index is 955. The Morgan fingerprint density at radius 3 is 2.55 bits per heavy atom. The van der Waals surface area contributed by atoms with Crippen molar-refractivity contribution in [1.29, 1.82) is 0 Å². The highest BCUT2D eigenvalue weighted by Gasteiger charge is 2.61. The van der Waals surface area contributed by atoms with Crippen molar-refractivity contribution < 1.29 is 43.8 Å². The summed E-state index contributed by atoms with van der Waals surface area (Å²) in [6.07, 6.45) is 0. The average Bonchev–Trinajstić information content (AvgIpc) is 3.07. The lowest BCUT2D eigenvalue weighted by atomic mass is 9.84. The van der Waals surface area contributed by atoms with Gasteiger partial charge in [-0.05, 0) is 13.8 Å². The Balaban J connectivity index is 1.74. The number of nitrogens with two attached hydrogens (primary N) is 1. The Hall–Kier alpha value is -3.30. The van der Waals surface area contributed by atoms with E-state index in [1.807, 2.05) is 0 Å². The van der Waals surface area contributed by atoms with E-state index < -0.39 is 47.5 Å². The van der Waals surface area contributed by atoms with Gasteiger partial charge < -0.3 is 30.8 Å². The van der Waals surface area contributed by atoms with Crippen molar-refractivity contribution in [1.82, 2.24) is 15.4 Å². The minimum Gasteiger partial charge on any atom is -0.479 e. The number of oxime groups is 1. The van der Waals surface area contributed by atoms with Gasteiger partial charge in [-0.2, -0.15) is 0 Å². The zero-order valence-corrected chi connectivity index (χ0v) is 17.2. The molecule has 2 aliphatic heterocycles. The molecule has 0 saturated carbocycles. The number of aromatic nitrogens is 1. The molecular formula is C16H19N5O9S. The number of carbonyl (C=O) groups excluding carboxylic acids is 2. The van der Waals surface area contributed by atoms with Gasteiger partial charge in [0.1, 0.15) is 11.7 Å². The summed E-state index contributed by atoms with van der Waals surface area (Å²) in [5.74, 6) is -4.14. The molecule has 3 heterocycles. The number of hydroxylamine groups is 2. The van der Waals surface area contributed by atoms with E-state index in [0.29, 0.717) is 0 Å². The Morgan fingerprint density at radius 2 is 2.10 bits per heavy atom. The molecule has 0 aliphatic carbocycles. The Kier molecular flexibility index (Phi) is 5.84. The summed E-state index contributed by atoms with van der Waals surface area (Å²) in [6, 6.07) is -1.09. The topological polar surface area (TPSA) is 203 Å². The number of amides is 2. The van der Waals surface area contributed by atoms with E-state index in [0.717, 1.165) is 16.4 Å². The van der Waals surface area contributed by atoms with Crippen LogP contribution in [0.4, 0.5) is 5.13 Å². The maximum atomic E-state index is 12.8. The molecule has 1 atom stereocenters.